The Kier molecular flexibility index (Phi) is 3.01. The van der Waals surface area contributed by atoms with Gasteiger partial charge in [-0.25, -0.2) is 4.68 Å². The Labute approximate surface area is 97.9 Å². The monoisotopic (exact) mass is 234 g/mol. The Balaban J connectivity index is 2.92. The first-order valence-corrected chi connectivity index (χ1v) is 5.25. The molecule has 0 saturated carbocycles. The minimum atomic E-state index is 0.470. The average Bonchev–Trinajstić information content (AvgIpc) is 2.29. The molecule has 5 heteroatoms. The van der Waals surface area contributed by atoms with E-state index in [2.05, 4.69) is 15.3 Å². The van der Waals surface area contributed by atoms with Gasteiger partial charge in [0.15, 0.2) is 10.6 Å². The molecule has 2 aromatic rings. The molecule has 0 aliphatic heterocycles. The van der Waals surface area contributed by atoms with Gasteiger partial charge >= 0.3 is 0 Å². The number of aryl methyl sites for hydroxylation is 1. The van der Waals surface area contributed by atoms with Crippen molar-refractivity contribution in [1.82, 2.24) is 9.78 Å². The van der Waals surface area contributed by atoms with Crippen molar-refractivity contribution in [2.45, 2.75) is 6.92 Å². The van der Waals surface area contributed by atoms with Gasteiger partial charge in [0, 0.05) is 24.0 Å². The van der Waals surface area contributed by atoms with E-state index in [1.807, 2.05) is 31.2 Å². The summed E-state index contributed by atoms with van der Waals surface area (Å²) in [6.07, 6.45) is 1.63. The fourth-order valence-corrected chi connectivity index (χ4v) is 1.77. The van der Waals surface area contributed by atoms with Gasteiger partial charge in [-0.05, 0) is 6.92 Å². The van der Waals surface area contributed by atoms with E-state index in [0.717, 1.165) is 10.8 Å². The van der Waals surface area contributed by atoms with E-state index in [0.29, 0.717) is 10.6 Å². The third-order valence-electron chi connectivity index (χ3n) is 2.20. The number of aromatic nitrogens is 2. The molecule has 0 aliphatic carbocycles. The van der Waals surface area contributed by atoms with Crippen LogP contribution in [0.5, 0.6) is 0 Å². The van der Waals surface area contributed by atoms with Gasteiger partial charge in [0.2, 0.25) is 0 Å². The van der Waals surface area contributed by atoms with Crippen LogP contribution in [0.4, 0.5) is 0 Å². The van der Waals surface area contributed by atoms with Gasteiger partial charge in [0.1, 0.15) is 0 Å². The quantitative estimate of drug-likeness (QED) is 0.551. The van der Waals surface area contributed by atoms with Crippen molar-refractivity contribution in [3.05, 3.63) is 34.9 Å². The van der Waals surface area contributed by atoms with Crippen LogP contribution in [-0.4, -0.2) is 16.0 Å². The number of halogens is 1. The molecule has 0 bridgehead atoms. The van der Waals surface area contributed by atoms with Crippen molar-refractivity contribution in [3.63, 3.8) is 0 Å². The maximum atomic E-state index is 6.06. The summed E-state index contributed by atoms with van der Waals surface area (Å²) in [6, 6.07) is 7.72. The lowest BCUT2D eigenvalue weighted by molar-refractivity contribution is 0.696. The van der Waals surface area contributed by atoms with E-state index >= 15 is 0 Å². The van der Waals surface area contributed by atoms with E-state index in [-0.39, 0.29) is 0 Å². The van der Waals surface area contributed by atoms with Crippen molar-refractivity contribution in [2.24, 2.45) is 17.3 Å². The molecule has 1 aromatic carbocycles. The van der Waals surface area contributed by atoms with Crippen LogP contribution < -0.4 is 5.49 Å². The van der Waals surface area contributed by atoms with Crippen molar-refractivity contribution >= 4 is 28.6 Å². The highest BCUT2D eigenvalue weighted by Gasteiger charge is 2.04. The Morgan fingerprint density at radius 3 is 2.69 bits per heavy atom. The summed E-state index contributed by atoms with van der Waals surface area (Å²) < 4.78 is 1.62. The lowest BCUT2D eigenvalue weighted by Crippen LogP contribution is -2.21. The van der Waals surface area contributed by atoms with Crippen LogP contribution >= 0.6 is 11.6 Å². The van der Waals surface area contributed by atoms with E-state index in [4.69, 9.17) is 11.6 Å². The number of benzene rings is 1. The van der Waals surface area contributed by atoms with Gasteiger partial charge in [-0.15, -0.1) is 5.10 Å². The summed E-state index contributed by atoms with van der Waals surface area (Å²) in [4.78, 5) is 0. The Morgan fingerprint density at radius 1 is 1.31 bits per heavy atom. The smallest absolute Gasteiger partial charge is 0.179 e. The van der Waals surface area contributed by atoms with Gasteiger partial charge in [0.25, 0.3) is 0 Å². The van der Waals surface area contributed by atoms with Crippen LogP contribution in [-0.2, 0) is 7.05 Å². The molecule has 0 aliphatic rings. The van der Waals surface area contributed by atoms with Crippen molar-refractivity contribution in [3.8, 4) is 0 Å². The molecular weight excluding hydrogens is 224 g/mol. The first-order chi connectivity index (χ1) is 7.74. The molecule has 1 heterocycles. The van der Waals surface area contributed by atoms with Gasteiger partial charge in [-0.2, -0.15) is 10.2 Å². The molecule has 0 atom stereocenters. The highest BCUT2D eigenvalue weighted by molar-refractivity contribution is 6.34. The predicted molar refractivity (Wildman–Crippen MR) is 65.5 cm³/mol. The fraction of sp³-hybridized carbons (Fsp3) is 0.182. The lowest BCUT2D eigenvalue weighted by atomic mass is 10.2. The first kappa shape index (κ1) is 10.8. The zero-order valence-corrected chi connectivity index (χ0v) is 9.81. The van der Waals surface area contributed by atoms with Crippen LogP contribution in [0.2, 0.25) is 5.15 Å². The SMILES string of the molecule is C/C=N/N=c1/c2ccccc2c(Cl)nn1C. The molecule has 0 N–H and O–H groups in total. The van der Waals surface area contributed by atoms with Crippen LogP contribution in [0.25, 0.3) is 10.8 Å². The zero-order chi connectivity index (χ0) is 11.5. The second-order valence-corrected chi connectivity index (χ2v) is 3.62. The molecule has 0 amide bonds. The van der Waals surface area contributed by atoms with E-state index in [9.17, 15) is 0 Å². The van der Waals surface area contributed by atoms with Gasteiger partial charge < -0.3 is 0 Å². The van der Waals surface area contributed by atoms with Gasteiger partial charge in [-0.1, -0.05) is 35.9 Å². The largest absolute Gasteiger partial charge is 0.248 e. The predicted octanol–water partition coefficient (Wildman–Crippen LogP) is 2.13. The molecule has 82 valence electrons. The van der Waals surface area contributed by atoms with Gasteiger partial charge in [0.05, 0.1) is 0 Å². The van der Waals surface area contributed by atoms with E-state index in [1.54, 1.807) is 17.9 Å². The number of rotatable bonds is 1. The summed E-state index contributed by atoms with van der Waals surface area (Å²) in [5.41, 5.74) is 0.693. The number of fused-ring (bicyclic) bond motifs is 1. The Morgan fingerprint density at radius 2 is 2.00 bits per heavy atom. The molecule has 0 unspecified atom stereocenters. The molecule has 4 nitrogen and oxygen atoms in total. The summed E-state index contributed by atoms with van der Waals surface area (Å²) in [5.74, 6) is 0. The Hall–Kier alpha value is -1.68. The normalized spacial score (nSPS) is 12.8. The molecule has 2 rings (SSSR count). The highest BCUT2D eigenvalue weighted by atomic mass is 35.5. The number of hydrogen-bond donors (Lipinski definition) is 0. The highest BCUT2D eigenvalue weighted by Crippen LogP contribution is 2.16. The third-order valence-corrected chi connectivity index (χ3v) is 2.48. The standard InChI is InChI=1S/C11H11ClN4/c1-3-13-14-11-9-7-5-4-6-8(9)10(12)15-16(11)2/h3-7H,1-2H3/b13-3+,14-11-. The Bertz CT molecular complexity index is 613. The van der Waals surface area contributed by atoms with E-state index in [1.165, 1.54) is 0 Å². The zero-order valence-electron chi connectivity index (χ0n) is 9.05. The molecule has 0 radical (unpaired) electrons. The maximum Gasteiger partial charge on any atom is 0.179 e. The summed E-state index contributed by atoms with van der Waals surface area (Å²) in [6.45, 7) is 1.81. The second kappa shape index (κ2) is 4.45. The second-order valence-electron chi connectivity index (χ2n) is 3.26. The summed E-state index contributed by atoms with van der Waals surface area (Å²) >= 11 is 6.06. The summed E-state index contributed by atoms with van der Waals surface area (Å²) in [5, 5.41) is 14.4. The number of nitrogens with zero attached hydrogens (tertiary/aromatic N) is 4. The van der Waals surface area contributed by atoms with E-state index < -0.39 is 0 Å². The van der Waals surface area contributed by atoms with Crippen LogP contribution in [0.1, 0.15) is 6.92 Å². The summed E-state index contributed by atoms with van der Waals surface area (Å²) in [7, 11) is 1.79. The van der Waals surface area contributed by atoms with Gasteiger partial charge in [-0.3, -0.25) is 0 Å². The fourth-order valence-electron chi connectivity index (χ4n) is 1.50. The topological polar surface area (TPSA) is 42.5 Å². The van der Waals surface area contributed by atoms with Crippen LogP contribution in [0.15, 0.2) is 34.5 Å². The average molecular weight is 235 g/mol. The minimum absolute atomic E-state index is 0.470. The molecule has 0 fully saturated rings. The minimum Gasteiger partial charge on any atom is -0.248 e. The van der Waals surface area contributed by atoms with Crippen LogP contribution in [0, 0.1) is 0 Å². The lowest BCUT2D eigenvalue weighted by Gasteiger charge is -2.04. The number of hydrogen-bond acceptors (Lipinski definition) is 3. The molecule has 1 aromatic heterocycles. The third kappa shape index (κ3) is 1.84. The molecule has 0 spiro atoms. The van der Waals surface area contributed by atoms with Crippen molar-refractivity contribution < 1.29 is 0 Å². The van der Waals surface area contributed by atoms with Crippen LogP contribution in [0.3, 0.4) is 0 Å². The molecular formula is C11H11ClN4. The molecule has 0 saturated heterocycles. The first-order valence-electron chi connectivity index (χ1n) is 4.87. The molecule has 16 heavy (non-hydrogen) atoms. The van der Waals surface area contributed by atoms with Crippen molar-refractivity contribution in [2.75, 3.05) is 0 Å². The maximum absolute atomic E-state index is 6.06. The van der Waals surface area contributed by atoms with Crippen molar-refractivity contribution in [1.29, 1.82) is 0 Å².